The maximum Gasteiger partial charge on any atom is 0.242 e. The summed E-state index contributed by atoms with van der Waals surface area (Å²) in [6, 6.07) is 12.5. The first-order valence-corrected chi connectivity index (χ1v) is 13.0. The molecule has 32 heavy (non-hydrogen) atoms. The normalized spacial score (nSPS) is 14.9. The number of hydrogen-bond donors (Lipinski definition) is 1. The Morgan fingerprint density at radius 2 is 1.78 bits per heavy atom. The summed E-state index contributed by atoms with van der Waals surface area (Å²) in [7, 11) is 0. The summed E-state index contributed by atoms with van der Waals surface area (Å²) in [5.74, 6) is 0.631. The molecule has 1 aliphatic carbocycles. The highest BCUT2D eigenvalue weighted by molar-refractivity contribution is 7.99. The van der Waals surface area contributed by atoms with Crippen LogP contribution in [0.3, 0.4) is 0 Å². The van der Waals surface area contributed by atoms with Crippen LogP contribution < -0.4 is 5.32 Å². The Labute approximate surface area is 209 Å². The number of nitrogens with zero attached hydrogens (tertiary/aromatic N) is 1. The average molecular weight is 514 g/mol. The minimum Gasteiger partial charge on any atom is -0.352 e. The molecule has 2 amide bonds. The van der Waals surface area contributed by atoms with Gasteiger partial charge in [-0.25, -0.2) is 0 Å². The van der Waals surface area contributed by atoms with E-state index in [0.29, 0.717) is 20.8 Å². The lowest BCUT2D eigenvalue weighted by Crippen LogP contribution is -2.50. The fraction of sp³-hybridized carbons (Fsp3) is 0.417. The fourth-order valence-electron chi connectivity index (χ4n) is 3.76. The van der Waals surface area contributed by atoms with Gasteiger partial charge in [0.2, 0.25) is 11.8 Å². The van der Waals surface area contributed by atoms with Gasteiger partial charge in [0.1, 0.15) is 6.04 Å². The van der Waals surface area contributed by atoms with Gasteiger partial charge in [0.25, 0.3) is 0 Å². The van der Waals surface area contributed by atoms with Crippen LogP contribution in [0.2, 0.25) is 15.1 Å². The van der Waals surface area contributed by atoms with Crippen molar-refractivity contribution in [1.29, 1.82) is 0 Å². The Hall–Kier alpha value is -1.40. The molecule has 8 heteroatoms. The van der Waals surface area contributed by atoms with Crippen LogP contribution in [0.1, 0.15) is 43.7 Å². The van der Waals surface area contributed by atoms with Gasteiger partial charge in [-0.2, -0.15) is 0 Å². The predicted molar refractivity (Wildman–Crippen MR) is 134 cm³/mol. The Kier molecular flexibility index (Phi) is 9.60. The molecule has 1 saturated carbocycles. The molecule has 4 nitrogen and oxygen atoms in total. The minimum absolute atomic E-state index is 0.109. The quantitative estimate of drug-likeness (QED) is 0.425. The van der Waals surface area contributed by atoms with Gasteiger partial charge in [-0.3, -0.25) is 9.59 Å². The van der Waals surface area contributed by atoms with Gasteiger partial charge in [0, 0.05) is 23.4 Å². The number of halogens is 3. The van der Waals surface area contributed by atoms with Crippen molar-refractivity contribution in [3.05, 3.63) is 68.7 Å². The molecule has 0 aromatic heterocycles. The van der Waals surface area contributed by atoms with Crippen molar-refractivity contribution >= 4 is 58.4 Å². The van der Waals surface area contributed by atoms with Crippen LogP contribution >= 0.6 is 46.6 Å². The monoisotopic (exact) mass is 512 g/mol. The zero-order chi connectivity index (χ0) is 23.1. The molecule has 1 unspecified atom stereocenters. The number of hydrogen-bond acceptors (Lipinski definition) is 3. The molecule has 0 bridgehead atoms. The van der Waals surface area contributed by atoms with Crippen molar-refractivity contribution in [3.63, 3.8) is 0 Å². The van der Waals surface area contributed by atoms with E-state index in [2.05, 4.69) is 5.32 Å². The SMILES string of the molecule is CC(C(=O)NC1CCCC1)N(Cc1ccc(Cl)c(Cl)c1)C(=O)CSCc1ccccc1Cl. The Morgan fingerprint density at radius 3 is 2.47 bits per heavy atom. The third-order valence-electron chi connectivity index (χ3n) is 5.65. The average Bonchev–Trinajstić information content (AvgIpc) is 3.28. The zero-order valence-corrected chi connectivity index (χ0v) is 21.0. The Bertz CT molecular complexity index is 951. The van der Waals surface area contributed by atoms with Gasteiger partial charge in [0.15, 0.2) is 0 Å². The van der Waals surface area contributed by atoms with Crippen LogP contribution in [0.4, 0.5) is 0 Å². The largest absolute Gasteiger partial charge is 0.352 e. The van der Waals surface area contributed by atoms with Gasteiger partial charge in [-0.1, -0.05) is 71.9 Å². The number of amides is 2. The minimum atomic E-state index is -0.599. The molecule has 2 aromatic carbocycles. The Balaban J connectivity index is 1.69. The molecule has 0 aliphatic heterocycles. The van der Waals surface area contributed by atoms with Crippen molar-refractivity contribution in [2.75, 3.05) is 5.75 Å². The van der Waals surface area contributed by atoms with Crippen LogP contribution in [0.15, 0.2) is 42.5 Å². The van der Waals surface area contributed by atoms with E-state index in [1.165, 1.54) is 11.8 Å². The maximum atomic E-state index is 13.2. The maximum absolute atomic E-state index is 13.2. The second-order valence-corrected chi connectivity index (χ2v) is 10.2. The highest BCUT2D eigenvalue weighted by Gasteiger charge is 2.28. The molecule has 0 saturated heterocycles. The molecular weight excluding hydrogens is 487 g/mol. The molecule has 2 aromatic rings. The lowest BCUT2D eigenvalue weighted by molar-refractivity contribution is -0.138. The van der Waals surface area contributed by atoms with Gasteiger partial charge < -0.3 is 10.2 Å². The number of thioether (sulfide) groups is 1. The van der Waals surface area contributed by atoms with Crippen LogP contribution in [-0.4, -0.2) is 34.6 Å². The summed E-state index contributed by atoms with van der Waals surface area (Å²) in [6.07, 6.45) is 4.24. The molecule has 172 valence electrons. The van der Waals surface area contributed by atoms with Gasteiger partial charge >= 0.3 is 0 Å². The summed E-state index contributed by atoms with van der Waals surface area (Å²) in [6.45, 7) is 2.06. The molecule has 0 spiro atoms. The molecule has 1 aliphatic rings. The third kappa shape index (κ3) is 7.05. The van der Waals surface area contributed by atoms with Crippen molar-refractivity contribution in [3.8, 4) is 0 Å². The van der Waals surface area contributed by atoms with E-state index in [-0.39, 0.29) is 30.2 Å². The molecule has 1 fully saturated rings. The number of benzene rings is 2. The predicted octanol–water partition coefficient (Wildman–Crippen LogP) is 6.36. The standard InChI is InChI=1S/C24H27Cl3N2O2S/c1-16(24(31)28-19-7-3-4-8-19)29(13-17-10-11-21(26)22(27)12-17)23(30)15-32-14-18-6-2-5-9-20(18)25/h2,5-6,9-12,16,19H,3-4,7-8,13-15H2,1H3,(H,28,31). The lowest BCUT2D eigenvalue weighted by Gasteiger charge is -2.30. The van der Waals surface area contributed by atoms with Gasteiger partial charge in [0.05, 0.1) is 15.8 Å². The number of nitrogens with one attached hydrogen (secondary N) is 1. The summed E-state index contributed by atoms with van der Waals surface area (Å²) in [5.41, 5.74) is 1.80. The van der Waals surface area contributed by atoms with E-state index in [0.717, 1.165) is 36.8 Å². The van der Waals surface area contributed by atoms with E-state index in [9.17, 15) is 9.59 Å². The molecule has 1 atom stereocenters. The van der Waals surface area contributed by atoms with E-state index < -0.39 is 6.04 Å². The van der Waals surface area contributed by atoms with Crippen molar-refractivity contribution in [1.82, 2.24) is 10.2 Å². The number of carbonyl (C=O) groups is 2. The van der Waals surface area contributed by atoms with Crippen LogP contribution in [0, 0.1) is 0 Å². The number of carbonyl (C=O) groups excluding carboxylic acids is 2. The van der Waals surface area contributed by atoms with Gasteiger partial charge in [-0.05, 0) is 49.1 Å². The second-order valence-electron chi connectivity index (χ2n) is 8.02. The fourth-order valence-corrected chi connectivity index (χ4v) is 5.27. The van der Waals surface area contributed by atoms with Crippen molar-refractivity contribution < 1.29 is 9.59 Å². The topological polar surface area (TPSA) is 49.4 Å². The highest BCUT2D eigenvalue weighted by atomic mass is 35.5. The number of rotatable bonds is 9. The third-order valence-corrected chi connectivity index (χ3v) is 7.72. The first-order chi connectivity index (χ1) is 15.3. The van der Waals surface area contributed by atoms with E-state index >= 15 is 0 Å². The van der Waals surface area contributed by atoms with E-state index in [1.807, 2.05) is 30.3 Å². The zero-order valence-electron chi connectivity index (χ0n) is 18.0. The summed E-state index contributed by atoms with van der Waals surface area (Å²) < 4.78 is 0. The van der Waals surface area contributed by atoms with Crippen molar-refractivity contribution in [2.45, 2.75) is 57.0 Å². The van der Waals surface area contributed by atoms with Crippen LogP contribution in [0.25, 0.3) is 0 Å². The van der Waals surface area contributed by atoms with E-state index in [1.54, 1.807) is 24.0 Å². The summed E-state index contributed by atoms with van der Waals surface area (Å²) in [5, 5.41) is 4.67. The van der Waals surface area contributed by atoms with Crippen molar-refractivity contribution in [2.24, 2.45) is 0 Å². The van der Waals surface area contributed by atoms with Crippen LogP contribution in [-0.2, 0) is 21.9 Å². The Morgan fingerprint density at radius 1 is 1.06 bits per heavy atom. The van der Waals surface area contributed by atoms with Crippen LogP contribution in [0.5, 0.6) is 0 Å². The molecular formula is C24H27Cl3N2O2S. The lowest BCUT2D eigenvalue weighted by atomic mass is 10.1. The van der Waals surface area contributed by atoms with E-state index in [4.69, 9.17) is 34.8 Å². The first kappa shape index (κ1) is 25.2. The molecule has 3 rings (SSSR count). The van der Waals surface area contributed by atoms with Gasteiger partial charge in [-0.15, -0.1) is 11.8 Å². The molecule has 1 N–H and O–H groups in total. The highest BCUT2D eigenvalue weighted by Crippen LogP contribution is 2.25. The molecule has 0 radical (unpaired) electrons. The first-order valence-electron chi connectivity index (χ1n) is 10.7. The smallest absolute Gasteiger partial charge is 0.242 e. The second kappa shape index (κ2) is 12.2. The summed E-state index contributed by atoms with van der Waals surface area (Å²) >= 11 is 19.9. The summed E-state index contributed by atoms with van der Waals surface area (Å²) in [4.78, 5) is 27.7. The molecule has 0 heterocycles.